The summed E-state index contributed by atoms with van der Waals surface area (Å²) in [5.74, 6) is -0.719. The van der Waals surface area contributed by atoms with Crippen LogP contribution in [0.2, 0.25) is 0 Å². The van der Waals surface area contributed by atoms with Gasteiger partial charge in [-0.05, 0) is 24.1 Å². The van der Waals surface area contributed by atoms with Crippen LogP contribution in [-0.2, 0) is 11.2 Å². The highest BCUT2D eigenvalue weighted by atomic mass is 16.4. The maximum Gasteiger partial charge on any atom is 0.304 e. The van der Waals surface area contributed by atoms with Gasteiger partial charge in [0.15, 0.2) is 0 Å². The molecule has 5 heteroatoms. The lowest BCUT2D eigenvalue weighted by molar-refractivity contribution is -0.138. The molecule has 1 atom stereocenters. The highest BCUT2D eigenvalue weighted by Crippen LogP contribution is 2.17. The fourth-order valence-corrected chi connectivity index (χ4v) is 2.78. The Morgan fingerprint density at radius 2 is 1.90 bits per heavy atom. The number of nitrogens with one attached hydrogen (secondary N) is 1. The van der Waals surface area contributed by atoms with E-state index in [1.165, 1.54) is 5.56 Å². The van der Waals surface area contributed by atoms with Crippen molar-refractivity contribution in [3.8, 4) is 0 Å². The Balaban J connectivity index is 2.04. The van der Waals surface area contributed by atoms with Crippen molar-refractivity contribution in [2.45, 2.75) is 18.9 Å². The first-order valence-corrected chi connectivity index (χ1v) is 7.49. The molecule has 1 saturated heterocycles. The fraction of sp³-hybridized carbons (Fsp3) is 0.562. The molecule has 0 bridgehead atoms. The van der Waals surface area contributed by atoms with Crippen molar-refractivity contribution in [3.63, 3.8) is 0 Å². The second-order valence-corrected chi connectivity index (χ2v) is 5.80. The van der Waals surface area contributed by atoms with Crippen molar-refractivity contribution in [1.29, 1.82) is 0 Å². The van der Waals surface area contributed by atoms with Gasteiger partial charge in [-0.2, -0.15) is 0 Å². The van der Waals surface area contributed by atoms with Gasteiger partial charge in [0, 0.05) is 52.0 Å². The first-order valence-electron chi connectivity index (χ1n) is 7.49. The number of hydrogen-bond donors (Lipinski definition) is 2. The summed E-state index contributed by atoms with van der Waals surface area (Å²) in [5.41, 5.74) is 2.36. The van der Waals surface area contributed by atoms with Gasteiger partial charge in [-0.25, -0.2) is 0 Å². The molecular weight excluding hydrogens is 266 g/mol. The zero-order valence-corrected chi connectivity index (χ0v) is 12.9. The molecule has 1 aliphatic rings. The Bertz CT molecular complexity index is 453. The summed E-state index contributed by atoms with van der Waals surface area (Å²) in [6.07, 6.45) is 0.995. The van der Waals surface area contributed by atoms with Gasteiger partial charge in [-0.15, -0.1) is 0 Å². The molecule has 21 heavy (non-hydrogen) atoms. The highest BCUT2D eigenvalue weighted by molar-refractivity contribution is 5.67. The molecule has 0 saturated carbocycles. The summed E-state index contributed by atoms with van der Waals surface area (Å²) >= 11 is 0. The van der Waals surface area contributed by atoms with E-state index in [1.807, 2.05) is 14.1 Å². The predicted molar refractivity (Wildman–Crippen MR) is 85.0 cm³/mol. The number of carboxylic acid groups (broad SMARTS) is 1. The van der Waals surface area contributed by atoms with Crippen molar-refractivity contribution in [2.24, 2.45) is 0 Å². The summed E-state index contributed by atoms with van der Waals surface area (Å²) < 4.78 is 0. The van der Waals surface area contributed by atoms with Crippen molar-refractivity contribution in [2.75, 3.05) is 45.2 Å². The third-order valence-corrected chi connectivity index (χ3v) is 4.00. The standard InChI is InChI=1S/C16H25N3O2/c1-18(2)14-5-3-13(4-6-14)11-15(12-16(20)21)19-9-7-17-8-10-19/h3-6,15,17H,7-12H2,1-2H3,(H,20,21). The molecule has 1 fully saturated rings. The van der Waals surface area contributed by atoms with Gasteiger partial charge >= 0.3 is 5.97 Å². The van der Waals surface area contributed by atoms with E-state index >= 15 is 0 Å². The van der Waals surface area contributed by atoms with Crippen molar-refractivity contribution in [1.82, 2.24) is 10.2 Å². The fourth-order valence-electron chi connectivity index (χ4n) is 2.78. The van der Waals surface area contributed by atoms with Crippen molar-refractivity contribution >= 4 is 11.7 Å². The van der Waals surface area contributed by atoms with Crippen molar-refractivity contribution < 1.29 is 9.90 Å². The molecule has 5 nitrogen and oxygen atoms in total. The number of rotatable bonds is 6. The average molecular weight is 291 g/mol. The molecule has 0 amide bonds. The number of hydrogen-bond acceptors (Lipinski definition) is 4. The van der Waals surface area contributed by atoms with E-state index in [4.69, 9.17) is 5.11 Å². The molecule has 116 valence electrons. The van der Waals surface area contributed by atoms with Crippen LogP contribution in [0.15, 0.2) is 24.3 Å². The van der Waals surface area contributed by atoms with Crippen LogP contribution >= 0.6 is 0 Å². The molecule has 1 aromatic carbocycles. The third kappa shape index (κ3) is 4.72. The van der Waals surface area contributed by atoms with Crippen LogP contribution in [0.25, 0.3) is 0 Å². The first-order chi connectivity index (χ1) is 10.1. The first kappa shape index (κ1) is 15.8. The Kier molecular flexibility index (Phi) is 5.59. The van der Waals surface area contributed by atoms with Gasteiger partial charge in [-0.1, -0.05) is 12.1 Å². The number of carbonyl (C=O) groups is 1. The minimum atomic E-state index is -0.719. The largest absolute Gasteiger partial charge is 0.481 e. The smallest absolute Gasteiger partial charge is 0.304 e. The van der Waals surface area contributed by atoms with Crippen LogP contribution in [0.5, 0.6) is 0 Å². The Hall–Kier alpha value is -1.59. The van der Waals surface area contributed by atoms with Gasteiger partial charge in [0.2, 0.25) is 0 Å². The number of nitrogens with zero attached hydrogens (tertiary/aromatic N) is 2. The number of carboxylic acids is 1. The van der Waals surface area contributed by atoms with E-state index in [-0.39, 0.29) is 12.5 Å². The van der Waals surface area contributed by atoms with E-state index in [0.717, 1.165) is 38.3 Å². The minimum absolute atomic E-state index is 0.0785. The van der Waals surface area contributed by atoms with E-state index in [9.17, 15) is 4.79 Å². The summed E-state index contributed by atoms with van der Waals surface area (Å²) in [5, 5.41) is 12.5. The average Bonchev–Trinajstić information content (AvgIpc) is 2.47. The van der Waals surface area contributed by atoms with Crippen molar-refractivity contribution in [3.05, 3.63) is 29.8 Å². The number of anilines is 1. The van der Waals surface area contributed by atoms with E-state index in [1.54, 1.807) is 0 Å². The minimum Gasteiger partial charge on any atom is -0.481 e. The Labute approximate surface area is 126 Å². The molecule has 0 aliphatic carbocycles. The van der Waals surface area contributed by atoms with Crippen LogP contribution in [0.3, 0.4) is 0 Å². The predicted octanol–water partition coefficient (Wildman–Crippen LogP) is 1.04. The van der Waals surface area contributed by atoms with Gasteiger partial charge in [0.25, 0.3) is 0 Å². The molecule has 1 heterocycles. The van der Waals surface area contributed by atoms with Crippen LogP contribution in [0.1, 0.15) is 12.0 Å². The molecule has 0 spiro atoms. The number of benzene rings is 1. The van der Waals surface area contributed by atoms with E-state index < -0.39 is 5.97 Å². The van der Waals surface area contributed by atoms with Crippen LogP contribution in [0, 0.1) is 0 Å². The van der Waals surface area contributed by atoms with Gasteiger partial charge in [0.1, 0.15) is 0 Å². The lowest BCUT2D eigenvalue weighted by Crippen LogP contribution is -2.49. The Morgan fingerprint density at radius 1 is 1.29 bits per heavy atom. The zero-order chi connectivity index (χ0) is 15.2. The quantitative estimate of drug-likeness (QED) is 0.820. The lowest BCUT2D eigenvalue weighted by Gasteiger charge is -2.34. The molecular formula is C16H25N3O2. The maximum atomic E-state index is 11.1. The van der Waals surface area contributed by atoms with Crippen LogP contribution < -0.4 is 10.2 Å². The van der Waals surface area contributed by atoms with E-state index in [2.05, 4.69) is 39.4 Å². The second-order valence-electron chi connectivity index (χ2n) is 5.80. The molecule has 2 rings (SSSR count). The lowest BCUT2D eigenvalue weighted by atomic mass is 10.0. The normalized spacial score (nSPS) is 17.4. The summed E-state index contributed by atoms with van der Waals surface area (Å²) in [6, 6.07) is 8.46. The van der Waals surface area contributed by atoms with Gasteiger partial charge < -0.3 is 15.3 Å². The molecule has 2 N–H and O–H groups in total. The van der Waals surface area contributed by atoms with Gasteiger partial charge in [-0.3, -0.25) is 9.69 Å². The molecule has 0 radical (unpaired) electrons. The Morgan fingerprint density at radius 3 is 2.43 bits per heavy atom. The van der Waals surface area contributed by atoms with E-state index in [0.29, 0.717) is 0 Å². The highest BCUT2D eigenvalue weighted by Gasteiger charge is 2.23. The monoisotopic (exact) mass is 291 g/mol. The molecule has 0 aromatic heterocycles. The topological polar surface area (TPSA) is 55.8 Å². The summed E-state index contributed by atoms with van der Waals surface area (Å²) in [6.45, 7) is 3.73. The van der Waals surface area contributed by atoms with Gasteiger partial charge in [0.05, 0.1) is 6.42 Å². The molecule has 1 aliphatic heterocycles. The summed E-state index contributed by atoms with van der Waals surface area (Å²) in [4.78, 5) is 15.5. The third-order valence-electron chi connectivity index (χ3n) is 4.00. The SMILES string of the molecule is CN(C)c1ccc(CC(CC(=O)O)N2CCNCC2)cc1. The second kappa shape index (κ2) is 7.43. The van der Waals surface area contributed by atoms with Crippen LogP contribution in [-0.4, -0.2) is 62.3 Å². The van der Waals surface area contributed by atoms with Crippen LogP contribution in [0.4, 0.5) is 5.69 Å². The molecule has 1 aromatic rings. The maximum absolute atomic E-state index is 11.1. The zero-order valence-electron chi connectivity index (χ0n) is 12.9. The number of piperazine rings is 1. The molecule has 1 unspecified atom stereocenters. The number of aliphatic carboxylic acids is 1. The summed E-state index contributed by atoms with van der Waals surface area (Å²) in [7, 11) is 4.03.